The van der Waals surface area contributed by atoms with Crippen LogP contribution in [0.3, 0.4) is 0 Å². The molecular weight excluding hydrogens is 214 g/mol. The normalized spacial score (nSPS) is 9.67. The highest BCUT2D eigenvalue weighted by Crippen LogP contribution is 1.99. The van der Waals surface area contributed by atoms with Crippen molar-refractivity contribution in [3.05, 3.63) is 16.6 Å². The van der Waals surface area contributed by atoms with E-state index >= 15 is 0 Å². The molecule has 5 nitrogen and oxygen atoms in total. The van der Waals surface area contributed by atoms with Crippen molar-refractivity contribution in [3.8, 4) is 0 Å². The van der Waals surface area contributed by atoms with Crippen LogP contribution in [0.15, 0.2) is 10.9 Å². The Hall–Kier alpha value is -1.43. The van der Waals surface area contributed by atoms with Crippen LogP contribution in [0.5, 0.6) is 0 Å². The van der Waals surface area contributed by atoms with Crippen LogP contribution in [0.4, 0.5) is 0 Å². The molecule has 0 aromatic carbocycles. The van der Waals surface area contributed by atoms with Gasteiger partial charge in [-0.2, -0.15) is 0 Å². The molecule has 1 aromatic rings. The van der Waals surface area contributed by atoms with E-state index in [0.29, 0.717) is 12.2 Å². The maximum absolute atomic E-state index is 11.3. The lowest BCUT2D eigenvalue weighted by Gasteiger charge is -2.04. The SMILES string of the molecule is CCCNC(=O)CNC(=O)c1cscn1. The molecule has 15 heavy (non-hydrogen) atoms. The minimum Gasteiger partial charge on any atom is -0.355 e. The Morgan fingerprint density at radius 2 is 2.27 bits per heavy atom. The lowest BCUT2D eigenvalue weighted by Crippen LogP contribution is -2.37. The summed E-state index contributed by atoms with van der Waals surface area (Å²) in [5, 5.41) is 6.79. The Morgan fingerprint density at radius 3 is 2.87 bits per heavy atom. The van der Waals surface area contributed by atoms with Gasteiger partial charge in [-0.15, -0.1) is 11.3 Å². The van der Waals surface area contributed by atoms with Crippen LogP contribution in [0.2, 0.25) is 0 Å². The van der Waals surface area contributed by atoms with Crippen molar-refractivity contribution >= 4 is 23.2 Å². The van der Waals surface area contributed by atoms with Gasteiger partial charge in [0, 0.05) is 11.9 Å². The van der Waals surface area contributed by atoms with Crippen LogP contribution in [0.1, 0.15) is 23.8 Å². The summed E-state index contributed by atoms with van der Waals surface area (Å²) in [4.78, 5) is 26.3. The summed E-state index contributed by atoms with van der Waals surface area (Å²) in [5.41, 5.74) is 1.93. The van der Waals surface area contributed by atoms with Crippen LogP contribution < -0.4 is 10.6 Å². The fourth-order valence-electron chi connectivity index (χ4n) is 0.903. The molecule has 2 amide bonds. The van der Waals surface area contributed by atoms with Crippen LogP contribution >= 0.6 is 11.3 Å². The van der Waals surface area contributed by atoms with Gasteiger partial charge < -0.3 is 10.6 Å². The van der Waals surface area contributed by atoms with E-state index in [4.69, 9.17) is 0 Å². The van der Waals surface area contributed by atoms with Crippen molar-refractivity contribution in [1.82, 2.24) is 15.6 Å². The summed E-state index contributed by atoms with van der Waals surface area (Å²) >= 11 is 1.34. The zero-order valence-corrected chi connectivity index (χ0v) is 9.26. The van der Waals surface area contributed by atoms with Gasteiger partial charge in [0.25, 0.3) is 5.91 Å². The summed E-state index contributed by atoms with van der Waals surface area (Å²) in [6.45, 7) is 2.59. The quantitative estimate of drug-likeness (QED) is 0.765. The lowest BCUT2D eigenvalue weighted by atomic mass is 10.4. The standard InChI is InChI=1S/C9H13N3O2S/c1-2-3-10-8(13)4-11-9(14)7-5-15-6-12-7/h5-6H,2-4H2,1H3,(H,10,13)(H,11,14). The van der Waals surface area contributed by atoms with Crippen molar-refractivity contribution in [2.45, 2.75) is 13.3 Å². The van der Waals surface area contributed by atoms with Crippen molar-refractivity contribution in [2.75, 3.05) is 13.1 Å². The molecule has 0 atom stereocenters. The first-order valence-corrected chi connectivity index (χ1v) is 5.61. The first-order chi connectivity index (χ1) is 7.24. The van der Waals surface area contributed by atoms with Crippen LogP contribution in [0.25, 0.3) is 0 Å². The smallest absolute Gasteiger partial charge is 0.271 e. The molecule has 6 heteroatoms. The second-order valence-electron chi connectivity index (χ2n) is 2.91. The largest absolute Gasteiger partial charge is 0.355 e. The number of aromatic nitrogens is 1. The second kappa shape index (κ2) is 6.13. The van der Waals surface area contributed by atoms with Gasteiger partial charge in [0.15, 0.2) is 0 Å². The number of nitrogens with zero attached hydrogens (tertiary/aromatic N) is 1. The molecule has 1 heterocycles. The molecule has 1 rings (SSSR count). The average Bonchev–Trinajstić information content (AvgIpc) is 2.76. The molecule has 0 saturated heterocycles. The summed E-state index contributed by atoms with van der Waals surface area (Å²) in [7, 11) is 0. The predicted octanol–water partition coefficient (Wildman–Crippen LogP) is 0.399. The first kappa shape index (κ1) is 11.6. The number of carbonyl (C=O) groups is 2. The second-order valence-corrected chi connectivity index (χ2v) is 3.62. The monoisotopic (exact) mass is 227 g/mol. The Balaban J connectivity index is 2.25. The van der Waals surface area contributed by atoms with Gasteiger partial charge >= 0.3 is 0 Å². The molecule has 0 radical (unpaired) electrons. The summed E-state index contributed by atoms with van der Waals surface area (Å²) in [6.07, 6.45) is 0.881. The number of thiazole rings is 1. The molecule has 0 aliphatic carbocycles. The predicted molar refractivity (Wildman–Crippen MR) is 57.7 cm³/mol. The maximum atomic E-state index is 11.3. The van der Waals surface area contributed by atoms with Crippen molar-refractivity contribution in [3.63, 3.8) is 0 Å². The average molecular weight is 227 g/mol. The number of nitrogens with one attached hydrogen (secondary N) is 2. The number of carbonyl (C=O) groups excluding carboxylic acids is 2. The molecule has 0 aliphatic heterocycles. The molecule has 0 fully saturated rings. The Kier molecular flexibility index (Phi) is 4.76. The number of rotatable bonds is 5. The molecule has 0 spiro atoms. The van der Waals surface area contributed by atoms with Gasteiger partial charge in [-0.1, -0.05) is 6.92 Å². The van der Waals surface area contributed by atoms with E-state index in [-0.39, 0.29) is 18.4 Å². The highest BCUT2D eigenvalue weighted by Gasteiger charge is 2.08. The van der Waals surface area contributed by atoms with Crippen molar-refractivity contribution in [2.24, 2.45) is 0 Å². The third-order valence-corrected chi connectivity index (χ3v) is 2.23. The van der Waals surface area contributed by atoms with Gasteiger partial charge in [0.05, 0.1) is 12.1 Å². The van der Waals surface area contributed by atoms with Crippen LogP contribution in [-0.4, -0.2) is 29.9 Å². The summed E-state index contributed by atoms with van der Waals surface area (Å²) in [5.74, 6) is -0.497. The van der Waals surface area contributed by atoms with E-state index < -0.39 is 0 Å². The van der Waals surface area contributed by atoms with Gasteiger partial charge in [0.2, 0.25) is 5.91 Å². The topological polar surface area (TPSA) is 71.1 Å². The fraction of sp³-hybridized carbons (Fsp3) is 0.444. The molecule has 0 saturated carbocycles. The van der Waals surface area contributed by atoms with E-state index in [2.05, 4.69) is 15.6 Å². The minimum atomic E-state index is -0.317. The minimum absolute atomic E-state index is 0.00361. The van der Waals surface area contributed by atoms with E-state index in [1.54, 1.807) is 10.9 Å². The Bertz CT molecular complexity index is 324. The Morgan fingerprint density at radius 1 is 1.47 bits per heavy atom. The van der Waals surface area contributed by atoms with Crippen molar-refractivity contribution in [1.29, 1.82) is 0 Å². The third kappa shape index (κ3) is 4.07. The fourth-order valence-corrected chi connectivity index (χ4v) is 1.43. The summed E-state index contributed by atoms with van der Waals surface area (Å²) in [6, 6.07) is 0. The summed E-state index contributed by atoms with van der Waals surface area (Å²) < 4.78 is 0. The van der Waals surface area contributed by atoms with Crippen molar-refractivity contribution < 1.29 is 9.59 Å². The van der Waals surface area contributed by atoms with Gasteiger partial charge in [-0.3, -0.25) is 9.59 Å². The Labute approximate surface area is 91.9 Å². The first-order valence-electron chi connectivity index (χ1n) is 4.67. The molecule has 0 aliphatic rings. The highest BCUT2D eigenvalue weighted by atomic mass is 32.1. The van der Waals surface area contributed by atoms with Crippen LogP contribution in [0, 0.1) is 0 Å². The zero-order valence-electron chi connectivity index (χ0n) is 8.45. The number of hydrogen-bond acceptors (Lipinski definition) is 4. The van der Waals surface area contributed by atoms with Gasteiger partial charge in [-0.25, -0.2) is 4.98 Å². The highest BCUT2D eigenvalue weighted by molar-refractivity contribution is 7.07. The lowest BCUT2D eigenvalue weighted by molar-refractivity contribution is -0.120. The van der Waals surface area contributed by atoms with Crippen LogP contribution in [-0.2, 0) is 4.79 Å². The number of amides is 2. The number of hydrogen-bond donors (Lipinski definition) is 2. The van der Waals surface area contributed by atoms with E-state index in [1.807, 2.05) is 6.92 Å². The van der Waals surface area contributed by atoms with E-state index in [1.165, 1.54) is 11.3 Å². The van der Waals surface area contributed by atoms with Gasteiger partial charge in [0.1, 0.15) is 5.69 Å². The van der Waals surface area contributed by atoms with E-state index in [0.717, 1.165) is 6.42 Å². The van der Waals surface area contributed by atoms with E-state index in [9.17, 15) is 9.59 Å². The van der Waals surface area contributed by atoms with Gasteiger partial charge in [-0.05, 0) is 6.42 Å². The molecule has 2 N–H and O–H groups in total. The molecule has 1 aromatic heterocycles. The molecule has 0 bridgehead atoms. The third-order valence-electron chi connectivity index (χ3n) is 1.65. The molecule has 82 valence electrons. The molecular formula is C9H13N3O2S. The molecule has 0 unspecified atom stereocenters. The zero-order chi connectivity index (χ0) is 11.1. The maximum Gasteiger partial charge on any atom is 0.271 e.